The second-order valence-corrected chi connectivity index (χ2v) is 6.06. The molecule has 0 aliphatic carbocycles. The van der Waals surface area contributed by atoms with Crippen molar-refractivity contribution < 1.29 is 14.6 Å². The number of fused-ring (bicyclic) bond motifs is 1. The number of H-pyrrole nitrogens is 1. The molecule has 0 bridgehead atoms. The molecule has 0 atom stereocenters. The van der Waals surface area contributed by atoms with Crippen LogP contribution in [0.1, 0.15) is 10.4 Å². The SMILES string of the molecule is COc1cccc2ccc(-c3ccc(-c4ccc(C(=O)O)cc4)[nH]3)cc12. The van der Waals surface area contributed by atoms with Crippen molar-refractivity contribution in [3.8, 4) is 28.3 Å². The van der Waals surface area contributed by atoms with Gasteiger partial charge in [0.1, 0.15) is 5.75 Å². The summed E-state index contributed by atoms with van der Waals surface area (Å²) in [7, 11) is 1.68. The Balaban J connectivity index is 1.71. The van der Waals surface area contributed by atoms with E-state index in [-0.39, 0.29) is 5.56 Å². The van der Waals surface area contributed by atoms with Crippen molar-refractivity contribution in [1.82, 2.24) is 4.98 Å². The number of benzene rings is 3. The lowest BCUT2D eigenvalue weighted by Gasteiger charge is -2.07. The van der Waals surface area contributed by atoms with Gasteiger partial charge in [-0.3, -0.25) is 0 Å². The molecule has 2 N–H and O–H groups in total. The van der Waals surface area contributed by atoms with Gasteiger partial charge in [-0.25, -0.2) is 4.79 Å². The third-order valence-electron chi connectivity index (χ3n) is 4.50. The molecule has 0 aliphatic rings. The minimum atomic E-state index is -0.922. The summed E-state index contributed by atoms with van der Waals surface area (Å²) in [6.07, 6.45) is 0. The molecule has 4 nitrogen and oxygen atoms in total. The average molecular weight is 343 g/mol. The van der Waals surface area contributed by atoms with Crippen LogP contribution in [0.25, 0.3) is 33.3 Å². The van der Waals surface area contributed by atoms with Gasteiger partial charge in [-0.1, -0.05) is 36.4 Å². The van der Waals surface area contributed by atoms with Crippen LogP contribution in [-0.4, -0.2) is 23.2 Å². The van der Waals surface area contributed by atoms with E-state index < -0.39 is 5.97 Å². The van der Waals surface area contributed by atoms with Crippen molar-refractivity contribution in [3.05, 3.63) is 78.4 Å². The van der Waals surface area contributed by atoms with Crippen LogP contribution in [0.15, 0.2) is 72.8 Å². The number of carboxylic acids is 1. The number of hydrogen-bond donors (Lipinski definition) is 2. The molecule has 4 rings (SSSR count). The fourth-order valence-corrected chi connectivity index (χ4v) is 3.11. The quantitative estimate of drug-likeness (QED) is 0.535. The first kappa shape index (κ1) is 16.0. The Morgan fingerprint density at radius 3 is 2.27 bits per heavy atom. The fraction of sp³-hybridized carbons (Fsp3) is 0.0455. The maximum atomic E-state index is 11.0. The summed E-state index contributed by atoms with van der Waals surface area (Å²) in [4.78, 5) is 14.4. The zero-order valence-corrected chi connectivity index (χ0v) is 14.2. The monoisotopic (exact) mass is 343 g/mol. The Bertz CT molecular complexity index is 1090. The van der Waals surface area contributed by atoms with Gasteiger partial charge in [0.25, 0.3) is 0 Å². The second-order valence-electron chi connectivity index (χ2n) is 6.06. The number of hydrogen-bond acceptors (Lipinski definition) is 2. The zero-order chi connectivity index (χ0) is 18.1. The molecule has 0 spiro atoms. The van der Waals surface area contributed by atoms with E-state index in [0.29, 0.717) is 0 Å². The Morgan fingerprint density at radius 2 is 1.58 bits per heavy atom. The largest absolute Gasteiger partial charge is 0.496 e. The third-order valence-corrected chi connectivity index (χ3v) is 4.50. The van der Waals surface area contributed by atoms with Crippen molar-refractivity contribution in [3.63, 3.8) is 0 Å². The normalized spacial score (nSPS) is 10.8. The number of carbonyl (C=O) groups is 1. The van der Waals surface area contributed by atoms with Crippen LogP contribution >= 0.6 is 0 Å². The van der Waals surface area contributed by atoms with Gasteiger partial charge in [0.2, 0.25) is 0 Å². The maximum absolute atomic E-state index is 11.0. The van der Waals surface area contributed by atoms with Crippen molar-refractivity contribution in [2.75, 3.05) is 7.11 Å². The molecule has 0 unspecified atom stereocenters. The van der Waals surface area contributed by atoms with E-state index in [9.17, 15) is 4.79 Å². The van der Waals surface area contributed by atoms with Gasteiger partial charge in [0, 0.05) is 16.8 Å². The van der Waals surface area contributed by atoms with Gasteiger partial charge >= 0.3 is 5.97 Å². The van der Waals surface area contributed by atoms with Crippen LogP contribution in [0.3, 0.4) is 0 Å². The zero-order valence-electron chi connectivity index (χ0n) is 14.2. The highest BCUT2D eigenvalue weighted by Gasteiger charge is 2.08. The van der Waals surface area contributed by atoms with Crippen molar-refractivity contribution >= 4 is 16.7 Å². The van der Waals surface area contributed by atoms with E-state index in [2.05, 4.69) is 29.2 Å². The summed E-state index contributed by atoms with van der Waals surface area (Å²) >= 11 is 0. The Morgan fingerprint density at radius 1 is 0.885 bits per heavy atom. The van der Waals surface area contributed by atoms with E-state index in [1.54, 1.807) is 19.2 Å². The van der Waals surface area contributed by atoms with E-state index in [1.165, 1.54) is 0 Å². The molecule has 0 amide bonds. The highest BCUT2D eigenvalue weighted by molar-refractivity contribution is 5.92. The molecule has 0 fully saturated rings. The molecule has 26 heavy (non-hydrogen) atoms. The predicted molar refractivity (Wildman–Crippen MR) is 103 cm³/mol. The number of rotatable bonds is 4. The minimum absolute atomic E-state index is 0.280. The summed E-state index contributed by atoms with van der Waals surface area (Å²) in [6.45, 7) is 0. The number of aromatic nitrogens is 1. The highest BCUT2D eigenvalue weighted by atomic mass is 16.5. The number of methoxy groups -OCH3 is 1. The molecule has 1 aromatic heterocycles. The first-order chi connectivity index (χ1) is 12.7. The molecule has 3 aromatic carbocycles. The molecule has 128 valence electrons. The minimum Gasteiger partial charge on any atom is -0.496 e. The number of carboxylic acid groups (broad SMARTS) is 1. The Hall–Kier alpha value is -3.53. The number of aromatic carboxylic acids is 1. The van der Waals surface area contributed by atoms with E-state index in [0.717, 1.165) is 39.0 Å². The van der Waals surface area contributed by atoms with Crippen LogP contribution in [0.5, 0.6) is 5.75 Å². The molecular formula is C22H17NO3. The topological polar surface area (TPSA) is 62.3 Å². The summed E-state index contributed by atoms with van der Waals surface area (Å²) in [5.41, 5.74) is 4.23. The van der Waals surface area contributed by atoms with Gasteiger partial charge in [0.15, 0.2) is 0 Å². The number of ether oxygens (including phenoxy) is 1. The molecule has 0 radical (unpaired) electrons. The van der Waals surface area contributed by atoms with Gasteiger partial charge in [-0.05, 0) is 52.9 Å². The highest BCUT2D eigenvalue weighted by Crippen LogP contribution is 2.31. The van der Waals surface area contributed by atoms with Crippen molar-refractivity contribution in [1.29, 1.82) is 0 Å². The van der Waals surface area contributed by atoms with Crippen LogP contribution in [0.2, 0.25) is 0 Å². The lowest BCUT2D eigenvalue weighted by Crippen LogP contribution is -1.94. The Kier molecular flexibility index (Phi) is 3.93. The Labute approximate surface area is 150 Å². The number of aromatic amines is 1. The molecular weight excluding hydrogens is 326 g/mol. The van der Waals surface area contributed by atoms with Crippen LogP contribution < -0.4 is 4.74 Å². The standard InChI is InChI=1S/C22H17NO3/c1-26-21-4-2-3-14-5-10-17(13-18(14)21)20-12-11-19(23-20)15-6-8-16(9-7-15)22(24)25/h2-13,23H,1H3,(H,24,25). The molecule has 0 aliphatic heterocycles. The van der Waals surface area contributed by atoms with Crippen molar-refractivity contribution in [2.24, 2.45) is 0 Å². The summed E-state index contributed by atoms with van der Waals surface area (Å²) in [5, 5.41) is 11.2. The van der Waals surface area contributed by atoms with Crippen LogP contribution in [0, 0.1) is 0 Å². The summed E-state index contributed by atoms with van der Waals surface area (Å²) < 4.78 is 5.47. The first-order valence-corrected chi connectivity index (χ1v) is 8.25. The molecule has 1 heterocycles. The van der Waals surface area contributed by atoms with Gasteiger partial charge in [0.05, 0.1) is 12.7 Å². The number of nitrogens with one attached hydrogen (secondary N) is 1. The first-order valence-electron chi connectivity index (χ1n) is 8.25. The lowest BCUT2D eigenvalue weighted by molar-refractivity contribution is 0.0697. The smallest absolute Gasteiger partial charge is 0.335 e. The molecule has 4 aromatic rings. The van der Waals surface area contributed by atoms with E-state index in [1.807, 2.05) is 36.4 Å². The van der Waals surface area contributed by atoms with Crippen molar-refractivity contribution in [2.45, 2.75) is 0 Å². The summed E-state index contributed by atoms with van der Waals surface area (Å²) in [5.74, 6) is -0.0748. The van der Waals surface area contributed by atoms with E-state index >= 15 is 0 Å². The van der Waals surface area contributed by atoms with Gasteiger partial charge < -0.3 is 14.8 Å². The average Bonchev–Trinajstić information content (AvgIpc) is 3.17. The second kappa shape index (κ2) is 6.41. The van der Waals surface area contributed by atoms with Gasteiger partial charge in [-0.2, -0.15) is 0 Å². The maximum Gasteiger partial charge on any atom is 0.335 e. The summed E-state index contributed by atoms with van der Waals surface area (Å²) in [6, 6.07) is 23.1. The molecule has 0 saturated carbocycles. The van der Waals surface area contributed by atoms with E-state index in [4.69, 9.17) is 9.84 Å². The predicted octanol–water partition coefficient (Wildman–Crippen LogP) is 5.21. The molecule has 4 heteroatoms. The fourth-order valence-electron chi connectivity index (χ4n) is 3.11. The molecule has 0 saturated heterocycles. The van der Waals surface area contributed by atoms with Gasteiger partial charge in [-0.15, -0.1) is 0 Å². The van der Waals surface area contributed by atoms with Crippen LogP contribution in [-0.2, 0) is 0 Å². The lowest BCUT2D eigenvalue weighted by atomic mass is 10.0. The third kappa shape index (κ3) is 2.82. The van der Waals surface area contributed by atoms with Crippen LogP contribution in [0.4, 0.5) is 0 Å².